The van der Waals surface area contributed by atoms with Gasteiger partial charge in [-0.25, -0.2) is 4.79 Å². The van der Waals surface area contributed by atoms with E-state index < -0.39 is 27.6 Å². The standard InChI is InChI=1S/C44H53N7O6S/c1-46(2)58(54,55)50-26-24-49(25-27-50)33-17-19-34(20-18-33)57-31-44(21-9-28-56-40-16-7-12-32-11-5-6-13-35(32)40)38-15-8-14-36-37-29-48(4)45-39(37)30-47(3)22-10-23-51(41(36)38)42(44)43(52)53/h5-8,11-20,29,42H,9-10,21-28,30-31H2,1-4H3,(H,52,53). The summed E-state index contributed by atoms with van der Waals surface area (Å²) in [5.41, 5.74) is 4.92. The second kappa shape index (κ2) is 16.2. The van der Waals surface area contributed by atoms with Crippen LogP contribution < -0.4 is 19.3 Å². The van der Waals surface area contributed by atoms with Gasteiger partial charge in [-0.2, -0.15) is 22.1 Å². The molecular weight excluding hydrogens is 755 g/mol. The number of carboxylic acids is 1. The Bertz CT molecular complexity index is 2370. The fraction of sp³-hybridized carbons (Fsp3) is 0.409. The van der Waals surface area contributed by atoms with E-state index in [2.05, 4.69) is 52.1 Å². The second-order valence-electron chi connectivity index (χ2n) is 15.9. The molecule has 0 bridgehead atoms. The average molecular weight is 808 g/mol. The Labute approximate surface area is 341 Å². The highest BCUT2D eigenvalue weighted by Crippen LogP contribution is 2.53. The van der Waals surface area contributed by atoms with Crippen molar-refractivity contribution < 1.29 is 27.8 Å². The molecule has 0 spiro atoms. The normalized spacial score (nSPS) is 20.3. The molecule has 2 atom stereocenters. The number of nitrogens with zero attached hydrogens (tertiary/aromatic N) is 7. The summed E-state index contributed by atoms with van der Waals surface area (Å²) in [6.07, 6.45) is 3.95. The molecule has 306 valence electrons. The van der Waals surface area contributed by atoms with Gasteiger partial charge >= 0.3 is 5.97 Å². The van der Waals surface area contributed by atoms with E-state index in [1.165, 1.54) is 8.61 Å². The smallest absolute Gasteiger partial charge is 0.327 e. The molecule has 1 saturated heterocycles. The van der Waals surface area contributed by atoms with Crippen molar-refractivity contribution >= 4 is 38.3 Å². The van der Waals surface area contributed by atoms with E-state index >= 15 is 0 Å². The van der Waals surface area contributed by atoms with Crippen molar-refractivity contribution in [3.63, 3.8) is 0 Å². The predicted molar refractivity (Wildman–Crippen MR) is 227 cm³/mol. The minimum Gasteiger partial charge on any atom is -0.493 e. The number of ether oxygens (including phenoxy) is 2. The van der Waals surface area contributed by atoms with Crippen LogP contribution in [-0.4, -0.2) is 122 Å². The van der Waals surface area contributed by atoms with Gasteiger partial charge in [0.25, 0.3) is 10.2 Å². The third-order valence-corrected chi connectivity index (χ3v) is 13.9. The first-order valence-corrected chi connectivity index (χ1v) is 21.5. The highest BCUT2D eigenvalue weighted by Gasteiger charge is 2.56. The lowest BCUT2D eigenvalue weighted by Crippen LogP contribution is -2.53. The van der Waals surface area contributed by atoms with Crippen LogP contribution in [0.1, 0.15) is 30.5 Å². The molecule has 3 aliphatic heterocycles. The summed E-state index contributed by atoms with van der Waals surface area (Å²) in [5.74, 6) is 0.558. The first kappa shape index (κ1) is 39.7. The summed E-state index contributed by atoms with van der Waals surface area (Å²) in [6.45, 7) is 4.56. The van der Waals surface area contributed by atoms with E-state index in [9.17, 15) is 18.3 Å². The third-order valence-electron chi connectivity index (χ3n) is 12.0. The van der Waals surface area contributed by atoms with Crippen LogP contribution in [-0.2, 0) is 34.0 Å². The number of piperazine rings is 1. The van der Waals surface area contributed by atoms with Gasteiger partial charge in [0.05, 0.1) is 17.7 Å². The molecule has 13 nitrogen and oxygen atoms in total. The molecule has 5 aromatic rings. The molecule has 1 fully saturated rings. The van der Waals surface area contributed by atoms with Crippen molar-refractivity contribution in [1.29, 1.82) is 0 Å². The molecule has 1 N–H and O–H groups in total. The Morgan fingerprint density at radius 2 is 1.62 bits per heavy atom. The van der Waals surface area contributed by atoms with Crippen molar-refractivity contribution in [1.82, 2.24) is 23.3 Å². The average Bonchev–Trinajstić information content (AvgIpc) is 3.72. The minimum absolute atomic E-state index is 0.144. The monoisotopic (exact) mass is 807 g/mol. The van der Waals surface area contributed by atoms with Crippen molar-refractivity contribution in [2.75, 3.05) is 83.4 Å². The lowest BCUT2D eigenvalue weighted by Gasteiger charge is -2.37. The highest BCUT2D eigenvalue weighted by molar-refractivity contribution is 7.86. The van der Waals surface area contributed by atoms with E-state index in [4.69, 9.17) is 14.6 Å². The number of hydrogen-bond donors (Lipinski definition) is 1. The van der Waals surface area contributed by atoms with Gasteiger partial charge in [0.2, 0.25) is 0 Å². The van der Waals surface area contributed by atoms with Crippen molar-refractivity contribution in [3.8, 4) is 22.6 Å². The molecule has 14 heteroatoms. The van der Waals surface area contributed by atoms with E-state index in [1.54, 1.807) is 14.1 Å². The van der Waals surface area contributed by atoms with Gasteiger partial charge in [-0.3, -0.25) is 4.68 Å². The van der Waals surface area contributed by atoms with E-state index in [1.807, 2.05) is 72.5 Å². The van der Waals surface area contributed by atoms with Gasteiger partial charge < -0.3 is 29.3 Å². The van der Waals surface area contributed by atoms with Crippen LogP contribution >= 0.6 is 0 Å². The number of rotatable bonds is 12. The van der Waals surface area contributed by atoms with Crippen LogP contribution in [0.4, 0.5) is 11.4 Å². The maximum Gasteiger partial charge on any atom is 0.327 e. The molecule has 8 rings (SSSR count). The number of aliphatic carboxylic acids is 1. The summed E-state index contributed by atoms with van der Waals surface area (Å²) in [4.78, 5) is 20.4. The molecule has 3 aliphatic rings. The Hall–Kier alpha value is -5.15. The van der Waals surface area contributed by atoms with Gasteiger partial charge in [0, 0.05) is 94.5 Å². The molecular formula is C44H53N7O6S. The van der Waals surface area contributed by atoms with Crippen molar-refractivity contribution in [2.24, 2.45) is 7.05 Å². The lowest BCUT2D eigenvalue weighted by atomic mass is 9.73. The highest BCUT2D eigenvalue weighted by atomic mass is 32.2. The van der Waals surface area contributed by atoms with Crippen molar-refractivity contribution in [3.05, 3.63) is 102 Å². The summed E-state index contributed by atoms with van der Waals surface area (Å²) in [6, 6.07) is 27.4. The maximum absolute atomic E-state index is 13.8. The summed E-state index contributed by atoms with van der Waals surface area (Å²) < 4.78 is 43.1. The summed E-state index contributed by atoms with van der Waals surface area (Å²) in [5, 5.41) is 18.3. The topological polar surface area (TPSA) is 124 Å². The molecule has 58 heavy (non-hydrogen) atoms. The number of para-hydroxylation sites is 1. The number of carboxylic acid groups (broad SMARTS) is 1. The zero-order chi connectivity index (χ0) is 40.6. The number of fused-ring (bicyclic) bond motifs is 3. The zero-order valence-electron chi connectivity index (χ0n) is 33.8. The molecule has 2 unspecified atom stereocenters. The van der Waals surface area contributed by atoms with Crippen molar-refractivity contribution in [2.45, 2.75) is 37.3 Å². The molecule has 0 radical (unpaired) electrons. The van der Waals surface area contributed by atoms with Crippen LogP contribution in [0.3, 0.4) is 0 Å². The first-order chi connectivity index (χ1) is 28.0. The van der Waals surface area contributed by atoms with Gasteiger partial charge in [-0.1, -0.05) is 54.6 Å². The number of anilines is 2. The number of benzene rings is 4. The molecule has 0 aliphatic carbocycles. The number of aryl methyl sites for hydroxylation is 1. The minimum atomic E-state index is -3.47. The summed E-state index contributed by atoms with van der Waals surface area (Å²) >= 11 is 0. The number of aromatic nitrogens is 2. The second-order valence-corrected chi connectivity index (χ2v) is 18.1. The van der Waals surface area contributed by atoms with Gasteiger partial charge in [-0.15, -0.1) is 0 Å². The fourth-order valence-corrected chi connectivity index (χ4v) is 10.2. The molecule has 0 saturated carbocycles. The SMILES string of the molecule is CN1CCCN2c3c(cccc3C(CCCOc3cccc4ccccc34)(COc3ccc(N4CCN(S(=O)(=O)N(C)C)CC4)cc3)C2C(=O)O)-c2cn(C)nc2C1. The van der Waals surface area contributed by atoms with Gasteiger partial charge in [-0.05, 0) is 74.1 Å². The molecule has 4 heterocycles. The maximum atomic E-state index is 13.8. The molecule has 0 amide bonds. The van der Waals surface area contributed by atoms with E-state index in [0.29, 0.717) is 64.5 Å². The third kappa shape index (κ3) is 7.49. The van der Waals surface area contributed by atoms with Crippen LogP contribution in [0.25, 0.3) is 21.9 Å². The Balaban J connectivity index is 1.11. The Kier molecular flexibility index (Phi) is 11.1. The van der Waals surface area contributed by atoms with Gasteiger partial charge in [0.15, 0.2) is 0 Å². The van der Waals surface area contributed by atoms with Crippen LogP contribution in [0.15, 0.2) is 91.1 Å². The van der Waals surface area contributed by atoms with Gasteiger partial charge in [0.1, 0.15) is 24.1 Å². The quantitative estimate of drug-likeness (QED) is 0.163. The molecule has 1 aromatic heterocycles. The summed E-state index contributed by atoms with van der Waals surface area (Å²) in [7, 11) is 3.66. The number of carbonyl (C=O) groups is 1. The van der Waals surface area contributed by atoms with E-state index in [-0.39, 0.29) is 6.61 Å². The van der Waals surface area contributed by atoms with E-state index in [0.717, 1.165) is 63.2 Å². The lowest BCUT2D eigenvalue weighted by molar-refractivity contribution is -0.140. The Morgan fingerprint density at radius 1 is 0.879 bits per heavy atom. The van der Waals surface area contributed by atoms with Crippen LogP contribution in [0, 0.1) is 0 Å². The van der Waals surface area contributed by atoms with Crippen LogP contribution in [0.5, 0.6) is 11.5 Å². The zero-order valence-corrected chi connectivity index (χ0v) is 34.6. The number of hydrogen-bond acceptors (Lipinski definition) is 9. The first-order valence-electron chi connectivity index (χ1n) is 20.1. The predicted octanol–water partition coefficient (Wildman–Crippen LogP) is 5.45. The Morgan fingerprint density at radius 3 is 2.38 bits per heavy atom. The van der Waals surface area contributed by atoms with Crippen LogP contribution in [0.2, 0.25) is 0 Å². The molecule has 4 aromatic carbocycles. The largest absolute Gasteiger partial charge is 0.493 e. The fourth-order valence-electron chi connectivity index (χ4n) is 9.14.